The second-order valence-electron chi connectivity index (χ2n) is 3.75. The molecule has 0 radical (unpaired) electrons. The fourth-order valence-corrected chi connectivity index (χ4v) is 1.52. The third-order valence-electron chi connectivity index (χ3n) is 2.31. The highest BCUT2D eigenvalue weighted by Gasteiger charge is 2.27. The predicted octanol–water partition coefficient (Wildman–Crippen LogP) is 1.47. The molecule has 4 nitrogen and oxygen atoms in total. The largest absolute Gasteiger partial charge is 0.370 e. The molecule has 0 spiro atoms. The average Bonchev–Trinajstić information content (AvgIpc) is 2.16. The molecule has 2 N–H and O–H groups in total. The molecular weight excluding hydrogens is 178 g/mol. The van der Waals surface area contributed by atoms with Crippen LogP contribution in [0.2, 0.25) is 0 Å². The number of hydrogen-bond acceptors (Lipinski definition) is 3. The number of carbonyl (C=O) groups is 1. The molecule has 0 fully saturated rings. The van der Waals surface area contributed by atoms with Gasteiger partial charge in [-0.05, 0) is 18.1 Å². The molecule has 0 aromatic carbocycles. The second-order valence-corrected chi connectivity index (χ2v) is 3.75. The molecule has 1 aliphatic heterocycles. The molecule has 1 atom stereocenters. The minimum Gasteiger partial charge on any atom is -0.370 e. The van der Waals surface area contributed by atoms with Crippen LogP contribution in [0.3, 0.4) is 0 Å². The van der Waals surface area contributed by atoms with E-state index in [0.29, 0.717) is 5.82 Å². The summed E-state index contributed by atoms with van der Waals surface area (Å²) in [6.07, 6.45) is 1.66. The molecule has 1 aliphatic rings. The average molecular weight is 191 g/mol. The summed E-state index contributed by atoms with van der Waals surface area (Å²) in [6.45, 7) is 4.03. The zero-order valence-electron chi connectivity index (χ0n) is 8.24. The first-order valence-corrected chi connectivity index (χ1v) is 4.71. The third kappa shape index (κ3) is 1.43. The summed E-state index contributed by atoms with van der Waals surface area (Å²) in [4.78, 5) is 15.7. The molecular formula is C10H13N3O. The Morgan fingerprint density at radius 3 is 3.00 bits per heavy atom. The maximum Gasteiger partial charge on any atom is 0.248 e. The summed E-state index contributed by atoms with van der Waals surface area (Å²) in [5, 5.41) is 5.95. The van der Waals surface area contributed by atoms with E-state index in [1.807, 2.05) is 26.0 Å². The molecule has 1 aromatic heterocycles. The van der Waals surface area contributed by atoms with E-state index >= 15 is 0 Å². The lowest BCUT2D eigenvalue weighted by atomic mass is 10.0. The molecule has 4 heteroatoms. The van der Waals surface area contributed by atoms with Crippen LogP contribution in [-0.4, -0.2) is 16.9 Å². The van der Waals surface area contributed by atoms with Gasteiger partial charge < -0.3 is 10.6 Å². The van der Waals surface area contributed by atoms with E-state index in [9.17, 15) is 4.79 Å². The number of hydrogen-bond donors (Lipinski definition) is 2. The van der Waals surface area contributed by atoms with E-state index in [-0.39, 0.29) is 17.9 Å². The first-order valence-electron chi connectivity index (χ1n) is 4.71. The fraction of sp³-hybridized carbons (Fsp3) is 0.400. The Balaban J connectivity index is 2.31. The minimum absolute atomic E-state index is 0.00815. The highest BCUT2D eigenvalue weighted by molar-refractivity contribution is 6.01. The maximum absolute atomic E-state index is 11.6. The van der Waals surface area contributed by atoms with E-state index in [2.05, 4.69) is 15.6 Å². The number of anilines is 2. The van der Waals surface area contributed by atoms with E-state index in [4.69, 9.17) is 0 Å². The minimum atomic E-state index is -0.160. The first-order chi connectivity index (χ1) is 6.68. The van der Waals surface area contributed by atoms with Gasteiger partial charge in [0.05, 0.1) is 5.69 Å². The Bertz CT molecular complexity index is 362. The van der Waals surface area contributed by atoms with Gasteiger partial charge in [-0.15, -0.1) is 0 Å². The number of nitrogens with one attached hydrogen (secondary N) is 2. The Labute approximate surface area is 82.7 Å². The van der Waals surface area contributed by atoms with Gasteiger partial charge in [0, 0.05) is 6.20 Å². The quantitative estimate of drug-likeness (QED) is 0.706. The number of rotatable bonds is 1. The number of amides is 1. The number of pyridine rings is 1. The summed E-state index contributed by atoms with van der Waals surface area (Å²) in [5.41, 5.74) is 0.894. The summed E-state index contributed by atoms with van der Waals surface area (Å²) in [6, 6.07) is 3.60. The van der Waals surface area contributed by atoms with Gasteiger partial charge in [-0.25, -0.2) is 4.98 Å². The van der Waals surface area contributed by atoms with Crippen molar-refractivity contribution in [3.63, 3.8) is 0 Å². The lowest BCUT2D eigenvalue weighted by Gasteiger charge is -2.28. The van der Waals surface area contributed by atoms with E-state index in [1.165, 1.54) is 0 Å². The standard InChI is InChI=1S/C10H13N3O/c1-6(2)8-10(14)13-9-7(12-8)4-3-5-11-9/h3-6,8,12H,1-2H3,(H,11,13,14)/t8-/m0/s1. The Morgan fingerprint density at radius 2 is 2.29 bits per heavy atom. The predicted molar refractivity (Wildman–Crippen MR) is 55.1 cm³/mol. The van der Waals surface area contributed by atoms with Gasteiger partial charge in [0.2, 0.25) is 5.91 Å². The van der Waals surface area contributed by atoms with Gasteiger partial charge in [0.25, 0.3) is 0 Å². The number of carbonyl (C=O) groups excluding carboxylic acids is 1. The van der Waals surface area contributed by atoms with Crippen LogP contribution in [0.4, 0.5) is 11.5 Å². The summed E-state index contributed by atoms with van der Waals surface area (Å²) >= 11 is 0. The summed E-state index contributed by atoms with van der Waals surface area (Å²) in [5.74, 6) is 0.879. The fourth-order valence-electron chi connectivity index (χ4n) is 1.52. The summed E-state index contributed by atoms with van der Waals surface area (Å²) < 4.78 is 0. The van der Waals surface area contributed by atoms with Gasteiger partial charge in [0.15, 0.2) is 5.82 Å². The Hall–Kier alpha value is -1.58. The molecule has 0 saturated heterocycles. The van der Waals surface area contributed by atoms with Crippen molar-refractivity contribution in [3.05, 3.63) is 18.3 Å². The van der Waals surface area contributed by atoms with Crippen LogP contribution < -0.4 is 10.6 Å². The molecule has 2 heterocycles. The van der Waals surface area contributed by atoms with Crippen LogP contribution >= 0.6 is 0 Å². The Kier molecular flexibility index (Phi) is 2.11. The molecule has 1 aromatic rings. The molecule has 2 rings (SSSR count). The normalized spacial score (nSPS) is 19.9. The SMILES string of the molecule is CC(C)[C@@H]1Nc2cccnc2NC1=O. The van der Waals surface area contributed by atoms with Crippen LogP contribution in [0.1, 0.15) is 13.8 Å². The van der Waals surface area contributed by atoms with Crippen molar-refractivity contribution in [1.82, 2.24) is 4.98 Å². The van der Waals surface area contributed by atoms with Gasteiger partial charge in [-0.2, -0.15) is 0 Å². The molecule has 0 aliphatic carbocycles. The Morgan fingerprint density at radius 1 is 1.50 bits per heavy atom. The molecule has 74 valence electrons. The topological polar surface area (TPSA) is 54.0 Å². The number of aromatic nitrogens is 1. The highest BCUT2D eigenvalue weighted by atomic mass is 16.2. The van der Waals surface area contributed by atoms with Crippen LogP contribution in [0.25, 0.3) is 0 Å². The first kappa shape index (κ1) is 8.99. The van der Waals surface area contributed by atoms with Crippen molar-refractivity contribution in [2.24, 2.45) is 5.92 Å². The van der Waals surface area contributed by atoms with E-state index in [1.54, 1.807) is 6.20 Å². The maximum atomic E-state index is 11.6. The van der Waals surface area contributed by atoms with Crippen molar-refractivity contribution in [1.29, 1.82) is 0 Å². The molecule has 0 bridgehead atoms. The highest BCUT2D eigenvalue weighted by Crippen LogP contribution is 2.25. The van der Waals surface area contributed by atoms with Crippen LogP contribution in [0, 0.1) is 5.92 Å². The van der Waals surface area contributed by atoms with Gasteiger partial charge in [0.1, 0.15) is 6.04 Å². The number of nitrogens with zero attached hydrogens (tertiary/aromatic N) is 1. The molecule has 0 unspecified atom stereocenters. The molecule has 14 heavy (non-hydrogen) atoms. The monoisotopic (exact) mass is 191 g/mol. The van der Waals surface area contributed by atoms with Crippen molar-refractivity contribution in [2.75, 3.05) is 10.6 Å². The number of fused-ring (bicyclic) bond motifs is 1. The van der Waals surface area contributed by atoms with E-state index in [0.717, 1.165) is 5.69 Å². The second kappa shape index (κ2) is 3.29. The lowest BCUT2D eigenvalue weighted by molar-refractivity contribution is -0.117. The smallest absolute Gasteiger partial charge is 0.248 e. The third-order valence-corrected chi connectivity index (χ3v) is 2.31. The van der Waals surface area contributed by atoms with Crippen molar-refractivity contribution in [3.8, 4) is 0 Å². The molecule has 1 amide bonds. The zero-order chi connectivity index (χ0) is 10.1. The van der Waals surface area contributed by atoms with Crippen LogP contribution in [0.5, 0.6) is 0 Å². The van der Waals surface area contributed by atoms with Gasteiger partial charge in [-0.3, -0.25) is 4.79 Å². The van der Waals surface area contributed by atoms with Crippen molar-refractivity contribution < 1.29 is 4.79 Å². The molecule has 0 saturated carbocycles. The van der Waals surface area contributed by atoms with Crippen LogP contribution in [-0.2, 0) is 4.79 Å². The van der Waals surface area contributed by atoms with Crippen LogP contribution in [0.15, 0.2) is 18.3 Å². The van der Waals surface area contributed by atoms with Crippen molar-refractivity contribution >= 4 is 17.4 Å². The van der Waals surface area contributed by atoms with Gasteiger partial charge >= 0.3 is 0 Å². The lowest BCUT2D eigenvalue weighted by Crippen LogP contribution is -2.42. The van der Waals surface area contributed by atoms with Crippen molar-refractivity contribution in [2.45, 2.75) is 19.9 Å². The zero-order valence-corrected chi connectivity index (χ0v) is 8.24. The van der Waals surface area contributed by atoms with E-state index < -0.39 is 0 Å². The summed E-state index contributed by atoms with van der Waals surface area (Å²) in [7, 11) is 0. The van der Waals surface area contributed by atoms with Gasteiger partial charge in [-0.1, -0.05) is 13.8 Å².